The summed E-state index contributed by atoms with van der Waals surface area (Å²) in [5.74, 6) is 0.542. The summed E-state index contributed by atoms with van der Waals surface area (Å²) in [6.45, 7) is 5.26. The first kappa shape index (κ1) is 12.7. The molecule has 1 aliphatic rings. The molecule has 0 unspecified atom stereocenters. The van der Waals surface area contributed by atoms with E-state index in [-0.39, 0.29) is 5.69 Å². The number of rotatable bonds is 5. The summed E-state index contributed by atoms with van der Waals surface area (Å²) >= 11 is 0. The molecule has 0 bridgehead atoms. The Kier molecular flexibility index (Phi) is 3.41. The average Bonchev–Trinajstić information content (AvgIpc) is 3.09. The molecule has 0 atom stereocenters. The number of anilines is 2. The van der Waals surface area contributed by atoms with Crippen LogP contribution < -0.4 is 10.6 Å². The van der Waals surface area contributed by atoms with E-state index in [9.17, 15) is 10.1 Å². The lowest BCUT2D eigenvalue weighted by molar-refractivity contribution is -0.384. The first-order valence-corrected chi connectivity index (χ1v) is 6.29. The van der Waals surface area contributed by atoms with Crippen LogP contribution in [0.2, 0.25) is 0 Å². The number of nitro groups is 1. The molecule has 18 heavy (non-hydrogen) atoms. The van der Waals surface area contributed by atoms with Gasteiger partial charge in [-0.15, -0.1) is 0 Å². The average molecular weight is 249 g/mol. The minimum Gasteiger partial charge on any atom is -0.397 e. The second-order valence-corrected chi connectivity index (χ2v) is 5.28. The third kappa shape index (κ3) is 2.72. The lowest BCUT2D eigenvalue weighted by Crippen LogP contribution is -2.30. The maximum absolute atomic E-state index is 10.7. The molecule has 0 aliphatic heterocycles. The van der Waals surface area contributed by atoms with Gasteiger partial charge in [0.2, 0.25) is 0 Å². The summed E-state index contributed by atoms with van der Waals surface area (Å²) in [4.78, 5) is 12.6. The van der Waals surface area contributed by atoms with Crippen LogP contribution in [0.3, 0.4) is 0 Å². The smallest absolute Gasteiger partial charge is 0.271 e. The molecule has 0 saturated heterocycles. The molecule has 1 fully saturated rings. The van der Waals surface area contributed by atoms with E-state index >= 15 is 0 Å². The Morgan fingerprint density at radius 2 is 2.17 bits per heavy atom. The second-order valence-electron chi connectivity index (χ2n) is 5.28. The van der Waals surface area contributed by atoms with Crippen molar-refractivity contribution in [3.8, 4) is 0 Å². The summed E-state index contributed by atoms with van der Waals surface area (Å²) < 4.78 is 0. The van der Waals surface area contributed by atoms with E-state index in [1.807, 2.05) is 0 Å². The Labute approximate surface area is 107 Å². The Bertz CT molecular complexity index is 456. The van der Waals surface area contributed by atoms with Crippen LogP contribution >= 0.6 is 0 Å². The van der Waals surface area contributed by atoms with Gasteiger partial charge < -0.3 is 10.6 Å². The number of nitrogen functional groups attached to an aromatic ring is 1. The van der Waals surface area contributed by atoms with Crippen molar-refractivity contribution in [1.29, 1.82) is 0 Å². The van der Waals surface area contributed by atoms with Crippen LogP contribution in [-0.4, -0.2) is 17.5 Å². The van der Waals surface area contributed by atoms with E-state index in [1.165, 1.54) is 25.0 Å². The van der Waals surface area contributed by atoms with Crippen LogP contribution in [0.4, 0.5) is 17.1 Å². The monoisotopic (exact) mass is 249 g/mol. The highest BCUT2D eigenvalue weighted by molar-refractivity contribution is 5.71. The molecule has 2 N–H and O–H groups in total. The van der Waals surface area contributed by atoms with Crippen LogP contribution in [0, 0.1) is 16.0 Å². The molecule has 2 rings (SSSR count). The molecule has 1 saturated carbocycles. The first-order valence-electron chi connectivity index (χ1n) is 6.29. The fourth-order valence-electron chi connectivity index (χ4n) is 2.14. The molecule has 98 valence electrons. The van der Waals surface area contributed by atoms with Gasteiger partial charge in [-0.2, -0.15) is 0 Å². The van der Waals surface area contributed by atoms with Gasteiger partial charge in [-0.25, -0.2) is 0 Å². The number of benzene rings is 1. The van der Waals surface area contributed by atoms with Crippen LogP contribution in [0.25, 0.3) is 0 Å². The third-order valence-electron chi connectivity index (χ3n) is 3.08. The van der Waals surface area contributed by atoms with Gasteiger partial charge in [-0.05, 0) is 24.8 Å². The molecule has 1 aromatic rings. The van der Waals surface area contributed by atoms with Crippen LogP contribution in [0.15, 0.2) is 18.2 Å². The fourth-order valence-corrected chi connectivity index (χ4v) is 2.14. The minimum absolute atomic E-state index is 0.0524. The topological polar surface area (TPSA) is 72.4 Å². The number of nitrogens with two attached hydrogens (primary N) is 1. The van der Waals surface area contributed by atoms with Crippen LogP contribution in [0.5, 0.6) is 0 Å². The molecular weight excluding hydrogens is 230 g/mol. The van der Waals surface area contributed by atoms with E-state index in [1.54, 1.807) is 6.07 Å². The summed E-state index contributed by atoms with van der Waals surface area (Å²) in [6, 6.07) is 5.30. The van der Waals surface area contributed by atoms with Gasteiger partial charge in [-0.1, -0.05) is 13.8 Å². The first-order chi connectivity index (χ1) is 8.49. The van der Waals surface area contributed by atoms with Gasteiger partial charge in [0, 0.05) is 24.7 Å². The van der Waals surface area contributed by atoms with Crippen LogP contribution in [-0.2, 0) is 0 Å². The predicted molar refractivity (Wildman–Crippen MR) is 72.7 cm³/mol. The highest BCUT2D eigenvalue weighted by Crippen LogP contribution is 2.36. The van der Waals surface area contributed by atoms with Gasteiger partial charge in [0.15, 0.2) is 0 Å². The standard InChI is InChI=1S/C13H19N3O2/c1-9(2)8-15(10-3-4-10)13-6-5-11(16(17)18)7-12(13)14/h5-7,9-10H,3-4,8,14H2,1-2H3. The zero-order chi connectivity index (χ0) is 13.3. The Balaban J connectivity index is 2.27. The highest BCUT2D eigenvalue weighted by Gasteiger charge is 2.30. The molecule has 0 aromatic heterocycles. The molecule has 5 heteroatoms. The molecular formula is C13H19N3O2. The largest absolute Gasteiger partial charge is 0.397 e. The highest BCUT2D eigenvalue weighted by atomic mass is 16.6. The van der Waals surface area contributed by atoms with Crippen molar-refractivity contribution >= 4 is 17.1 Å². The van der Waals surface area contributed by atoms with E-state index < -0.39 is 4.92 Å². The van der Waals surface area contributed by atoms with E-state index in [4.69, 9.17) is 5.73 Å². The summed E-state index contributed by atoms with van der Waals surface area (Å²) in [5.41, 5.74) is 7.43. The number of nitro benzene ring substituents is 1. The Hall–Kier alpha value is -1.78. The van der Waals surface area contributed by atoms with Crippen molar-refractivity contribution in [2.45, 2.75) is 32.7 Å². The summed E-state index contributed by atoms with van der Waals surface area (Å²) in [7, 11) is 0. The molecule has 0 radical (unpaired) electrons. The molecule has 0 amide bonds. The minimum atomic E-state index is -0.413. The van der Waals surface area contributed by atoms with Crippen molar-refractivity contribution in [2.24, 2.45) is 5.92 Å². The van der Waals surface area contributed by atoms with E-state index in [2.05, 4.69) is 18.7 Å². The Morgan fingerprint density at radius 3 is 2.61 bits per heavy atom. The number of hydrogen-bond donors (Lipinski definition) is 1. The number of nitrogens with zero attached hydrogens (tertiary/aromatic N) is 2. The summed E-state index contributed by atoms with van der Waals surface area (Å²) in [5, 5.41) is 10.7. The van der Waals surface area contributed by atoms with Gasteiger partial charge >= 0.3 is 0 Å². The fraction of sp³-hybridized carbons (Fsp3) is 0.538. The zero-order valence-corrected chi connectivity index (χ0v) is 10.8. The predicted octanol–water partition coefficient (Wildman–Crippen LogP) is 2.80. The maximum atomic E-state index is 10.7. The molecule has 1 aromatic carbocycles. The van der Waals surface area contributed by atoms with Crippen molar-refractivity contribution in [3.05, 3.63) is 28.3 Å². The number of hydrogen-bond acceptors (Lipinski definition) is 4. The second kappa shape index (κ2) is 4.84. The molecule has 5 nitrogen and oxygen atoms in total. The van der Waals surface area contributed by atoms with Gasteiger partial charge in [0.1, 0.15) is 0 Å². The van der Waals surface area contributed by atoms with Gasteiger partial charge in [0.05, 0.1) is 16.3 Å². The van der Waals surface area contributed by atoms with Crippen LogP contribution in [0.1, 0.15) is 26.7 Å². The molecule has 0 spiro atoms. The zero-order valence-electron chi connectivity index (χ0n) is 10.8. The van der Waals surface area contributed by atoms with Crippen molar-refractivity contribution < 1.29 is 4.92 Å². The van der Waals surface area contributed by atoms with Crippen molar-refractivity contribution in [1.82, 2.24) is 0 Å². The van der Waals surface area contributed by atoms with Crippen molar-refractivity contribution in [3.63, 3.8) is 0 Å². The number of non-ortho nitro benzene ring substituents is 1. The maximum Gasteiger partial charge on any atom is 0.271 e. The Morgan fingerprint density at radius 1 is 1.50 bits per heavy atom. The quantitative estimate of drug-likeness (QED) is 0.494. The van der Waals surface area contributed by atoms with Gasteiger partial charge in [-0.3, -0.25) is 10.1 Å². The normalized spacial score (nSPS) is 14.8. The lowest BCUT2D eigenvalue weighted by Gasteiger charge is -2.27. The molecule has 1 aliphatic carbocycles. The van der Waals surface area contributed by atoms with E-state index in [0.29, 0.717) is 17.6 Å². The van der Waals surface area contributed by atoms with Gasteiger partial charge in [0.25, 0.3) is 5.69 Å². The van der Waals surface area contributed by atoms with Crippen molar-refractivity contribution in [2.75, 3.05) is 17.2 Å². The SMILES string of the molecule is CC(C)CN(c1ccc([N+](=O)[O-])cc1N)C1CC1. The lowest BCUT2D eigenvalue weighted by atomic mass is 10.1. The third-order valence-corrected chi connectivity index (χ3v) is 3.08. The summed E-state index contributed by atoms with van der Waals surface area (Å²) in [6.07, 6.45) is 2.37. The van der Waals surface area contributed by atoms with E-state index in [0.717, 1.165) is 12.2 Å². The molecule has 0 heterocycles.